The standard InChI is InChI=1S/C29H18F10N2O11S2/c30-17-10-15-21(19(32)23(17)51-53(44,45)28(34,35)36)49-22-16(11-18(31)24(20(22)33)52-54(46,47)29(37,38)39)27(15)14-2-1-12(9-13(14)26(43)50-27)25(42)40-3-4-41-5-7-48-8-6-41/h1-2,9-11H,3-8H2,(H,40,42). The quantitative estimate of drug-likeness (QED) is 0.148. The fourth-order valence-electron chi connectivity index (χ4n) is 5.67. The summed E-state index contributed by atoms with van der Waals surface area (Å²) in [7, 11) is -13.7. The molecule has 1 amide bonds. The molecule has 25 heteroatoms. The van der Waals surface area contributed by atoms with Gasteiger partial charge in [0.15, 0.2) is 28.7 Å². The summed E-state index contributed by atoms with van der Waals surface area (Å²) >= 11 is 0. The number of nitrogens with one attached hydrogen (secondary N) is 1. The average molecular weight is 825 g/mol. The topological polar surface area (TPSA) is 164 Å². The molecule has 3 aliphatic heterocycles. The Morgan fingerprint density at radius 1 is 0.796 bits per heavy atom. The molecule has 0 saturated carbocycles. The van der Waals surface area contributed by atoms with E-state index in [0.29, 0.717) is 32.8 Å². The van der Waals surface area contributed by atoms with Gasteiger partial charge in [-0.25, -0.2) is 13.6 Å². The van der Waals surface area contributed by atoms with Crippen molar-refractivity contribution in [3.8, 4) is 23.0 Å². The third kappa shape index (κ3) is 6.40. The van der Waals surface area contributed by atoms with E-state index < -0.39 is 117 Å². The van der Waals surface area contributed by atoms with Crippen molar-refractivity contribution >= 4 is 32.1 Å². The van der Waals surface area contributed by atoms with Crippen LogP contribution in [0.3, 0.4) is 0 Å². The molecule has 0 atom stereocenters. The van der Waals surface area contributed by atoms with Crippen LogP contribution in [0.1, 0.15) is 37.4 Å². The van der Waals surface area contributed by atoms with Crippen molar-refractivity contribution in [1.29, 1.82) is 0 Å². The van der Waals surface area contributed by atoms with E-state index in [1.165, 1.54) is 0 Å². The van der Waals surface area contributed by atoms with Gasteiger partial charge >= 0.3 is 37.2 Å². The zero-order valence-electron chi connectivity index (χ0n) is 26.2. The highest BCUT2D eigenvalue weighted by atomic mass is 32.2. The van der Waals surface area contributed by atoms with E-state index in [9.17, 15) is 52.8 Å². The maximum Gasteiger partial charge on any atom is 0.534 e. The van der Waals surface area contributed by atoms with Crippen molar-refractivity contribution in [3.63, 3.8) is 0 Å². The van der Waals surface area contributed by atoms with Gasteiger partial charge in [-0.1, -0.05) is 6.07 Å². The molecule has 1 spiro atoms. The highest BCUT2D eigenvalue weighted by Gasteiger charge is 2.58. The summed E-state index contributed by atoms with van der Waals surface area (Å²) in [4.78, 5) is 28.3. The number of nitrogens with zero attached hydrogens (tertiary/aromatic N) is 1. The lowest BCUT2D eigenvalue weighted by molar-refractivity contribution is -0.0506. The highest BCUT2D eigenvalue weighted by Crippen LogP contribution is 2.59. The summed E-state index contributed by atoms with van der Waals surface area (Å²) in [5.41, 5.74) is -19.4. The molecule has 54 heavy (non-hydrogen) atoms. The number of halogens is 10. The maximum atomic E-state index is 15.9. The molecule has 1 saturated heterocycles. The van der Waals surface area contributed by atoms with Crippen molar-refractivity contribution < 1.29 is 92.9 Å². The normalized spacial score (nSPS) is 16.9. The molecule has 3 heterocycles. The van der Waals surface area contributed by atoms with Crippen molar-refractivity contribution in [1.82, 2.24) is 10.2 Å². The number of carbonyl (C=O) groups is 2. The Morgan fingerprint density at radius 2 is 1.30 bits per heavy atom. The second-order valence-corrected chi connectivity index (χ2v) is 14.4. The summed E-state index contributed by atoms with van der Waals surface area (Å²) in [5, 5.41) is 2.58. The Bertz CT molecular complexity index is 2200. The van der Waals surface area contributed by atoms with Crippen LogP contribution in [0.2, 0.25) is 0 Å². The third-order valence-corrected chi connectivity index (χ3v) is 10.0. The molecule has 3 aromatic carbocycles. The summed E-state index contributed by atoms with van der Waals surface area (Å²) in [6.45, 7) is 2.57. The molecular formula is C29H18F10N2O11S2. The van der Waals surface area contributed by atoms with Gasteiger partial charge in [-0.2, -0.15) is 52.0 Å². The minimum absolute atomic E-state index is 0.00550. The van der Waals surface area contributed by atoms with Gasteiger partial charge in [0, 0.05) is 37.3 Å². The largest absolute Gasteiger partial charge is 0.534 e. The van der Waals surface area contributed by atoms with Gasteiger partial charge in [-0.05, 0) is 24.3 Å². The Kier molecular flexibility index (Phi) is 9.46. The number of carbonyl (C=O) groups excluding carboxylic acids is 2. The number of amides is 1. The molecule has 0 aliphatic carbocycles. The number of ether oxygens (including phenoxy) is 3. The number of rotatable bonds is 8. The molecule has 0 bridgehead atoms. The predicted molar refractivity (Wildman–Crippen MR) is 155 cm³/mol. The number of hydrogen-bond acceptors (Lipinski definition) is 12. The molecule has 0 radical (unpaired) electrons. The van der Waals surface area contributed by atoms with Crippen molar-refractivity contribution in [3.05, 3.63) is 81.4 Å². The van der Waals surface area contributed by atoms with E-state index >= 15 is 17.6 Å². The van der Waals surface area contributed by atoms with Crippen LogP contribution in [0.4, 0.5) is 43.9 Å². The Hall–Kier alpha value is -4.88. The smallest absolute Gasteiger partial charge is 0.450 e. The first kappa shape index (κ1) is 38.8. The number of benzene rings is 3. The van der Waals surface area contributed by atoms with Crippen LogP contribution in [0.15, 0.2) is 30.3 Å². The van der Waals surface area contributed by atoms with E-state index in [1.54, 1.807) is 0 Å². The van der Waals surface area contributed by atoms with Gasteiger partial charge in [0.2, 0.25) is 23.1 Å². The van der Waals surface area contributed by atoms with Crippen molar-refractivity contribution in [2.45, 2.75) is 16.6 Å². The van der Waals surface area contributed by atoms with E-state index in [2.05, 4.69) is 13.7 Å². The highest BCUT2D eigenvalue weighted by molar-refractivity contribution is 7.88. The second-order valence-electron chi connectivity index (χ2n) is 11.4. The predicted octanol–water partition coefficient (Wildman–Crippen LogP) is 4.33. The van der Waals surface area contributed by atoms with E-state index in [1.807, 2.05) is 4.90 Å². The number of fused-ring (bicyclic) bond motifs is 6. The van der Waals surface area contributed by atoms with Gasteiger partial charge < -0.3 is 27.9 Å². The zero-order chi connectivity index (χ0) is 39.8. The van der Waals surface area contributed by atoms with E-state index in [0.717, 1.165) is 18.2 Å². The lowest BCUT2D eigenvalue weighted by Gasteiger charge is -2.37. The minimum atomic E-state index is -6.83. The Labute approximate surface area is 295 Å². The van der Waals surface area contributed by atoms with Gasteiger partial charge in [0.25, 0.3) is 5.91 Å². The lowest BCUT2D eigenvalue weighted by Crippen LogP contribution is -2.41. The first-order chi connectivity index (χ1) is 25.0. The first-order valence-electron chi connectivity index (χ1n) is 14.7. The van der Waals surface area contributed by atoms with Crippen LogP contribution < -0.4 is 18.4 Å². The summed E-state index contributed by atoms with van der Waals surface area (Å²) in [6.07, 6.45) is 0. The van der Waals surface area contributed by atoms with Crippen LogP contribution in [0.5, 0.6) is 23.0 Å². The molecule has 6 rings (SSSR count). The fraction of sp³-hybridized carbons (Fsp3) is 0.310. The van der Waals surface area contributed by atoms with Crippen LogP contribution in [0.25, 0.3) is 0 Å². The van der Waals surface area contributed by atoms with Crippen molar-refractivity contribution in [2.75, 3.05) is 39.4 Å². The third-order valence-electron chi connectivity index (χ3n) is 8.12. The van der Waals surface area contributed by atoms with Gasteiger partial charge in [-0.3, -0.25) is 9.69 Å². The van der Waals surface area contributed by atoms with Gasteiger partial charge in [0.05, 0.1) is 29.9 Å². The molecular weight excluding hydrogens is 806 g/mol. The lowest BCUT2D eigenvalue weighted by atomic mass is 9.77. The molecule has 292 valence electrons. The summed E-state index contributed by atoms with van der Waals surface area (Å²) < 4.78 is 210. The number of morpholine rings is 1. The van der Waals surface area contributed by atoms with Crippen LogP contribution in [-0.4, -0.2) is 84.0 Å². The molecule has 3 aliphatic rings. The number of alkyl halides is 6. The van der Waals surface area contributed by atoms with Crippen LogP contribution in [-0.2, 0) is 35.3 Å². The second kappa shape index (κ2) is 13.2. The Balaban J connectivity index is 1.52. The maximum absolute atomic E-state index is 15.9. The minimum Gasteiger partial charge on any atom is -0.450 e. The Morgan fingerprint density at radius 3 is 1.78 bits per heavy atom. The zero-order valence-corrected chi connectivity index (χ0v) is 27.8. The molecule has 0 unspecified atom stereocenters. The molecule has 13 nitrogen and oxygen atoms in total. The van der Waals surface area contributed by atoms with Gasteiger partial charge in [-0.15, -0.1) is 0 Å². The number of esters is 1. The van der Waals surface area contributed by atoms with E-state index in [-0.39, 0.29) is 24.2 Å². The monoisotopic (exact) mass is 824 g/mol. The molecule has 0 aromatic heterocycles. The van der Waals surface area contributed by atoms with Crippen LogP contribution in [0, 0.1) is 23.3 Å². The summed E-state index contributed by atoms with van der Waals surface area (Å²) in [6, 6.07) is 2.78. The SMILES string of the molecule is O=C(NCCN1CCOCC1)c1ccc2c(c1)C(=O)OC21c2cc(F)c(OS(=O)(=O)C(F)(F)F)c(F)c2Oc2c1cc(F)c(OS(=O)(=O)C(F)(F)F)c2F. The molecule has 1 N–H and O–H groups in total. The van der Waals surface area contributed by atoms with E-state index in [4.69, 9.17) is 14.2 Å². The van der Waals surface area contributed by atoms with Crippen LogP contribution >= 0.6 is 0 Å². The van der Waals surface area contributed by atoms with Crippen molar-refractivity contribution in [2.24, 2.45) is 0 Å². The van der Waals surface area contributed by atoms with Gasteiger partial charge in [0.1, 0.15) is 0 Å². The molecule has 3 aromatic rings. The average Bonchev–Trinajstić information content (AvgIpc) is 3.37. The molecule has 1 fully saturated rings. The fourth-order valence-corrected chi connectivity index (χ4v) is 6.60. The summed E-state index contributed by atoms with van der Waals surface area (Å²) in [5.74, 6) is -19.8. The first-order valence-corrected chi connectivity index (χ1v) is 17.5. The number of hydrogen-bond donors (Lipinski definition) is 1.